The summed E-state index contributed by atoms with van der Waals surface area (Å²) in [4.78, 5) is 4.26. The molecule has 1 aliphatic heterocycles. The third-order valence-corrected chi connectivity index (χ3v) is 5.35. The molecule has 0 aliphatic carbocycles. The average molecular weight is 309 g/mol. The van der Waals surface area contributed by atoms with Gasteiger partial charge in [0.2, 0.25) is 10.0 Å². The Kier molecular flexibility index (Phi) is 2.98. The molecule has 2 aromatic rings. The molecule has 106 valence electrons. The minimum Gasteiger partial charge on any atom is -0.375 e. The van der Waals surface area contributed by atoms with Gasteiger partial charge in [-0.3, -0.25) is 4.31 Å². The Labute approximate surface area is 122 Å². The molecular formula is C13H15N3O2S2. The first-order valence-electron chi connectivity index (χ1n) is 6.20. The van der Waals surface area contributed by atoms with Gasteiger partial charge in [0.25, 0.3) is 0 Å². The monoisotopic (exact) mass is 309 g/mol. The average Bonchev–Trinajstić information content (AvgIpc) is 2.89. The maximum atomic E-state index is 11.9. The Bertz CT molecular complexity index is 768. The second-order valence-corrected chi connectivity index (χ2v) is 7.78. The van der Waals surface area contributed by atoms with Crippen LogP contribution in [0, 0.1) is 0 Å². The molecule has 2 N–H and O–H groups in total. The molecule has 0 saturated carbocycles. The van der Waals surface area contributed by atoms with E-state index in [1.54, 1.807) is 0 Å². The first-order valence-corrected chi connectivity index (χ1v) is 8.93. The Morgan fingerprint density at radius 2 is 2.20 bits per heavy atom. The number of anilines is 2. The summed E-state index contributed by atoms with van der Waals surface area (Å²) in [5.41, 5.74) is 9.26. The summed E-state index contributed by atoms with van der Waals surface area (Å²) in [6.45, 7) is 1.92. The third-order valence-electron chi connectivity index (χ3n) is 3.41. The predicted octanol–water partition coefficient (Wildman–Crippen LogP) is 2.10. The maximum absolute atomic E-state index is 11.9. The molecule has 20 heavy (non-hydrogen) atoms. The van der Waals surface area contributed by atoms with Crippen LogP contribution in [0.5, 0.6) is 0 Å². The normalized spacial score (nSPS) is 18.3. The number of nitrogen functional groups attached to an aromatic ring is 1. The van der Waals surface area contributed by atoms with Crippen LogP contribution in [0.2, 0.25) is 0 Å². The Morgan fingerprint density at radius 3 is 2.80 bits per heavy atom. The van der Waals surface area contributed by atoms with E-state index in [-0.39, 0.29) is 6.04 Å². The minimum atomic E-state index is -3.24. The standard InChI is InChI=1S/C13H15N3O2S2/c1-8-5-10-6-9(11-7-19-13(14)15-11)3-4-12(10)16(8)20(2,17)18/h3-4,6-8H,5H2,1-2H3,(H2,14,15). The zero-order valence-corrected chi connectivity index (χ0v) is 12.8. The smallest absolute Gasteiger partial charge is 0.232 e. The maximum Gasteiger partial charge on any atom is 0.232 e. The molecule has 1 aromatic heterocycles. The van der Waals surface area contributed by atoms with Crippen LogP contribution in [0.15, 0.2) is 23.6 Å². The fourth-order valence-electron chi connectivity index (χ4n) is 2.69. The summed E-state index contributed by atoms with van der Waals surface area (Å²) < 4.78 is 25.2. The highest BCUT2D eigenvalue weighted by molar-refractivity contribution is 7.92. The molecule has 7 heteroatoms. The van der Waals surface area contributed by atoms with E-state index in [1.165, 1.54) is 21.9 Å². The number of thiazole rings is 1. The van der Waals surface area contributed by atoms with Gasteiger partial charge in [0.15, 0.2) is 5.13 Å². The largest absolute Gasteiger partial charge is 0.375 e. The molecule has 1 aliphatic rings. The summed E-state index contributed by atoms with van der Waals surface area (Å²) in [6.07, 6.45) is 1.96. The quantitative estimate of drug-likeness (QED) is 0.921. The molecule has 0 bridgehead atoms. The lowest BCUT2D eigenvalue weighted by Crippen LogP contribution is -2.34. The molecule has 1 aromatic carbocycles. The lowest BCUT2D eigenvalue weighted by atomic mass is 10.1. The number of benzene rings is 1. The van der Waals surface area contributed by atoms with Crippen molar-refractivity contribution in [2.24, 2.45) is 0 Å². The van der Waals surface area contributed by atoms with Gasteiger partial charge in [0.05, 0.1) is 17.6 Å². The van der Waals surface area contributed by atoms with Crippen LogP contribution in [-0.4, -0.2) is 25.7 Å². The zero-order valence-electron chi connectivity index (χ0n) is 11.2. The van der Waals surface area contributed by atoms with Crippen molar-refractivity contribution in [3.05, 3.63) is 29.1 Å². The highest BCUT2D eigenvalue weighted by Crippen LogP contribution is 2.37. The lowest BCUT2D eigenvalue weighted by Gasteiger charge is -2.21. The Balaban J connectivity index is 2.06. The van der Waals surface area contributed by atoms with Crippen molar-refractivity contribution >= 4 is 32.2 Å². The molecule has 3 rings (SSSR count). The summed E-state index contributed by atoms with van der Waals surface area (Å²) in [6, 6.07) is 5.70. The molecule has 0 spiro atoms. The van der Waals surface area contributed by atoms with Crippen LogP contribution in [0.1, 0.15) is 12.5 Å². The fourth-order valence-corrected chi connectivity index (χ4v) is 4.52. The Hall–Kier alpha value is -1.60. The van der Waals surface area contributed by atoms with E-state index in [4.69, 9.17) is 5.73 Å². The SMILES string of the molecule is CC1Cc2cc(-c3csc(N)n3)ccc2N1S(C)(=O)=O. The van der Waals surface area contributed by atoms with E-state index < -0.39 is 10.0 Å². The molecule has 0 saturated heterocycles. The molecule has 1 atom stereocenters. The van der Waals surface area contributed by atoms with Crippen molar-refractivity contribution in [1.82, 2.24) is 4.98 Å². The van der Waals surface area contributed by atoms with Crippen LogP contribution in [-0.2, 0) is 16.4 Å². The number of hydrogen-bond acceptors (Lipinski definition) is 5. The van der Waals surface area contributed by atoms with E-state index in [2.05, 4.69) is 4.98 Å². The number of hydrogen-bond donors (Lipinski definition) is 1. The van der Waals surface area contributed by atoms with Gasteiger partial charge in [0, 0.05) is 17.0 Å². The number of aromatic nitrogens is 1. The molecule has 0 radical (unpaired) electrons. The van der Waals surface area contributed by atoms with Gasteiger partial charge in [0.1, 0.15) is 0 Å². The Morgan fingerprint density at radius 1 is 1.45 bits per heavy atom. The molecule has 1 unspecified atom stereocenters. The summed E-state index contributed by atoms with van der Waals surface area (Å²) in [5.74, 6) is 0. The van der Waals surface area contributed by atoms with Crippen molar-refractivity contribution in [3.8, 4) is 11.3 Å². The summed E-state index contributed by atoms with van der Waals surface area (Å²) in [7, 11) is -3.24. The zero-order chi connectivity index (χ0) is 14.5. The van der Waals surface area contributed by atoms with Crippen molar-refractivity contribution in [2.75, 3.05) is 16.3 Å². The highest BCUT2D eigenvalue weighted by atomic mass is 32.2. The molecule has 5 nitrogen and oxygen atoms in total. The first kappa shape index (κ1) is 13.4. The molecule has 0 amide bonds. The second kappa shape index (κ2) is 4.46. The van der Waals surface area contributed by atoms with Crippen LogP contribution in [0.3, 0.4) is 0 Å². The topological polar surface area (TPSA) is 76.3 Å². The summed E-state index contributed by atoms with van der Waals surface area (Å²) >= 11 is 1.40. The number of fused-ring (bicyclic) bond motifs is 1. The van der Waals surface area contributed by atoms with Gasteiger partial charge >= 0.3 is 0 Å². The molecule has 2 heterocycles. The van der Waals surface area contributed by atoms with Crippen molar-refractivity contribution in [2.45, 2.75) is 19.4 Å². The molecular weight excluding hydrogens is 294 g/mol. The van der Waals surface area contributed by atoms with Gasteiger partial charge in [-0.1, -0.05) is 6.07 Å². The van der Waals surface area contributed by atoms with Gasteiger partial charge in [-0.25, -0.2) is 13.4 Å². The first-order chi connectivity index (χ1) is 9.36. The predicted molar refractivity (Wildman–Crippen MR) is 82.5 cm³/mol. The third kappa shape index (κ3) is 2.16. The van der Waals surface area contributed by atoms with Gasteiger partial charge in [-0.15, -0.1) is 11.3 Å². The number of rotatable bonds is 2. The van der Waals surface area contributed by atoms with E-state index in [9.17, 15) is 8.42 Å². The minimum absolute atomic E-state index is 0.0456. The van der Waals surface area contributed by atoms with Gasteiger partial charge in [-0.2, -0.15) is 0 Å². The van der Waals surface area contributed by atoms with E-state index in [1.807, 2.05) is 30.5 Å². The van der Waals surface area contributed by atoms with Crippen LogP contribution in [0.4, 0.5) is 10.8 Å². The highest BCUT2D eigenvalue weighted by Gasteiger charge is 2.32. The van der Waals surface area contributed by atoms with Crippen molar-refractivity contribution in [1.29, 1.82) is 0 Å². The van der Waals surface area contributed by atoms with Crippen LogP contribution in [0.25, 0.3) is 11.3 Å². The number of nitrogens with zero attached hydrogens (tertiary/aromatic N) is 2. The van der Waals surface area contributed by atoms with Gasteiger partial charge in [-0.05, 0) is 31.0 Å². The number of nitrogens with two attached hydrogens (primary N) is 1. The molecule has 0 fully saturated rings. The second-order valence-electron chi connectivity index (χ2n) is 5.03. The van der Waals surface area contributed by atoms with Crippen LogP contribution < -0.4 is 10.0 Å². The van der Waals surface area contributed by atoms with Crippen molar-refractivity contribution in [3.63, 3.8) is 0 Å². The van der Waals surface area contributed by atoms with E-state index in [0.29, 0.717) is 5.13 Å². The van der Waals surface area contributed by atoms with E-state index >= 15 is 0 Å². The van der Waals surface area contributed by atoms with E-state index in [0.717, 1.165) is 28.9 Å². The summed E-state index contributed by atoms with van der Waals surface area (Å²) in [5, 5.41) is 2.44. The van der Waals surface area contributed by atoms with Crippen molar-refractivity contribution < 1.29 is 8.42 Å². The fraction of sp³-hybridized carbons (Fsp3) is 0.308. The van der Waals surface area contributed by atoms with Crippen LogP contribution >= 0.6 is 11.3 Å². The lowest BCUT2D eigenvalue weighted by molar-refractivity contribution is 0.590. The van der Waals surface area contributed by atoms with Gasteiger partial charge < -0.3 is 5.73 Å². The number of sulfonamides is 1.